The molecule has 0 saturated carbocycles. The van der Waals surface area contributed by atoms with E-state index in [0.717, 1.165) is 52.1 Å². The molecule has 248 valence electrons. The molecule has 2 unspecified atom stereocenters. The highest BCUT2D eigenvalue weighted by molar-refractivity contribution is 7.93. The van der Waals surface area contributed by atoms with Gasteiger partial charge < -0.3 is 23.4 Å². The molecule has 1 aliphatic heterocycles. The Bertz CT molecular complexity index is 2020. The predicted octanol–water partition coefficient (Wildman–Crippen LogP) is 6.26. The number of hydrogen-bond donors (Lipinski definition) is 0. The lowest BCUT2D eigenvalue weighted by Gasteiger charge is -2.24. The van der Waals surface area contributed by atoms with Gasteiger partial charge in [0.25, 0.3) is 10.0 Å². The number of methoxy groups -OCH3 is 2. The number of halogens is 1. The van der Waals surface area contributed by atoms with Crippen molar-refractivity contribution in [3.8, 4) is 11.5 Å². The van der Waals surface area contributed by atoms with Crippen LogP contribution in [-0.4, -0.2) is 45.1 Å². The average Bonchev–Trinajstić information content (AvgIpc) is 3.74. The molecular formula is C33H34FN3O8S2. The van der Waals surface area contributed by atoms with Gasteiger partial charge in [0.1, 0.15) is 17.0 Å². The molecule has 1 fully saturated rings. The molecule has 5 aromatic rings. The van der Waals surface area contributed by atoms with Gasteiger partial charge in [-0.3, -0.25) is 4.57 Å². The SMILES string of the molecule is COc1ccc(CN(c2nccs2)S(=O)(=O)c2cc(F)c3c(c2)oc(=O)n3C(C)c2ccccc2COC2CCCCO2)c(OC)c1. The van der Waals surface area contributed by atoms with Crippen LogP contribution in [0.25, 0.3) is 11.1 Å². The van der Waals surface area contributed by atoms with E-state index in [1.807, 2.05) is 24.3 Å². The molecule has 1 aliphatic rings. The first-order valence-corrected chi connectivity index (χ1v) is 17.3. The average molecular weight is 684 g/mol. The molecule has 2 aromatic heterocycles. The van der Waals surface area contributed by atoms with Crippen LogP contribution < -0.4 is 19.5 Å². The number of nitrogens with zero attached hydrogens (tertiary/aromatic N) is 3. The summed E-state index contributed by atoms with van der Waals surface area (Å²) in [7, 11) is -1.44. The predicted molar refractivity (Wildman–Crippen MR) is 174 cm³/mol. The van der Waals surface area contributed by atoms with Gasteiger partial charge >= 0.3 is 5.76 Å². The zero-order valence-electron chi connectivity index (χ0n) is 26.1. The summed E-state index contributed by atoms with van der Waals surface area (Å²) < 4.78 is 74.6. The van der Waals surface area contributed by atoms with Crippen molar-refractivity contribution in [2.75, 3.05) is 25.1 Å². The number of ether oxygens (including phenoxy) is 4. The van der Waals surface area contributed by atoms with Crippen molar-refractivity contribution in [3.05, 3.63) is 99.2 Å². The monoisotopic (exact) mass is 683 g/mol. The number of fused-ring (bicyclic) bond motifs is 1. The maximum atomic E-state index is 16.1. The van der Waals surface area contributed by atoms with Crippen LogP contribution in [0.5, 0.6) is 11.5 Å². The summed E-state index contributed by atoms with van der Waals surface area (Å²) >= 11 is 1.10. The smallest absolute Gasteiger partial charge is 0.420 e. The van der Waals surface area contributed by atoms with E-state index in [4.69, 9.17) is 23.4 Å². The van der Waals surface area contributed by atoms with Crippen molar-refractivity contribution in [2.24, 2.45) is 0 Å². The second-order valence-corrected chi connectivity index (χ2v) is 13.7. The number of benzene rings is 3. The van der Waals surface area contributed by atoms with Gasteiger partial charge in [-0.05, 0) is 55.5 Å². The molecule has 1 saturated heterocycles. The fraction of sp³-hybridized carbons (Fsp3) is 0.333. The molecule has 3 aromatic carbocycles. The van der Waals surface area contributed by atoms with Crippen molar-refractivity contribution in [1.29, 1.82) is 0 Å². The lowest BCUT2D eigenvalue weighted by atomic mass is 10.0. The van der Waals surface area contributed by atoms with Crippen LogP contribution >= 0.6 is 11.3 Å². The summed E-state index contributed by atoms with van der Waals surface area (Å²) in [6, 6.07) is 13.8. The van der Waals surface area contributed by atoms with Gasteiger partial charge in [-0.1, -0.05) is 24.3 Å². The summed E-state index contributed by atoms with van der Waals surface area (Å²) in [4.78, 5) is 17.1. The van der Waals surface area contributed by atoms with E-state index in [1.54, 1.807) is 30.5 Å². The van der Waals surface area contributed by atoms with Crippen molar-refractivity contribution < 1.29 is 36.2 Å². The molecule has 11 nitrogen and oxygen atoms in total. The van der Waals surface area contributed by atoms with E-state index in [2.05, 4.69) is 4.98 Å². The third-order valence-electron chi connectivity index (χ3n) is 8.12. The Labute approximate surface area is 275 Å². The molecule has 0 radical (unpaired) electrons. The lowest BCUT2D eigenvalue weighted by Crippen LogP contribution is -2.30. The van der Waals surface area contributed by atoms with Gasteiger partial charge in [0.05, 0.1) is 38.3 Å². The van der Waals surface area contributed by atoms with Gasteiger partial charge in [0, 0.05) is 35.9 Å². The largest absolute Gasteiger partial charge is 0.497 e. The van der Waals surface area contributed by atoms with Crippen molar-refractivity contribution in [3.63, 3.8) is 0 Å². The number of sulfonamides is 1. The van der Waals surface area contributed by atoms with Crippen molar-refractivity contribution >= 4 is 37.6 Å². The molecular weight excluding hydrogens is 650 g/mol. The highest BCUT2D eigenvalue weighted by Crippen LogP contribution is 2.34. The van der Waals surface area contributed by atoms with E-state index in [-0.39, 0.29) is 35.7 Å². The summed E-state index contributed by atoms with van der Waals surface area (Å²) in [5.74, 6) is -0.822. The Morgan fingerprint density at radius 1 is 1.11 bits per heavy atom. The first-order valence-electron chi connectivity index (χ1n) is 15.0. The summed E-state index contributed by atoms with van der Waals surface area (Å²) in [6.45, 7) is 2.47. The Kier molecular flexibility index (Phi) is 9.64. The maximum absolute atomic E-state index is 16.1. The van der Waals surface area contributed by atoms with Gasteiger partial charge in [0.2, 0.25) is 0 Å². The van der Waals surface area contributed by atoms with E-state index in [0.29, 0.717) is 23.7 Å². The van der Waals surface area contributed by atoms with E-state index in [1.165, 1.54) is 31.0 Å². The van der Waals surface area contributed by atoms with Crippen LogP contribution in [0, 0.1) is 5.82 Å². The van der Waals surface area contributed by atoms with E-state index >= 15 is 4.39 Å². The molecule has 14 heteroatoms. The highest BCUT2D eigenvalue weighted by atomic mass is 32.2. The molecule has 0 spiro atoms. The summed E-state index contributed by atoms with van der Waals surface area (Å²) in [6.07, 6.45) is 3.99. The van der Waals surface area contributed by atoms with Crippen molar-refractivity contribution in [2.45, 2.75) is 56.6 Å². The van der Waals surface area contributed by atoms with Crippen LogP contribution in [-0.2, 0) is 32.6 Å². The molecule has 6 rings (SSSR count). The first kappa shape index (κ1) is 32.7. The van der Waals surface area contributed by atoms with Crippen LogP contribution in [0.15, 0.2) is 80.3 Å². The summed E-state index contributed by atoms with van der Waals surface area (Å²) in [5, 5.41) is 1.80. The van der Waals surface area contributed by atoms with Gasteiger partial charge in [-0.25, -0.2) is 26.9 Å². The topological polar surface area (TPSA) is 122 Å². The second-order valence-electron chi connectivity index (χ2n) is 11.0. The fourth-order valence-electron chi connectivity index (χ4n) is 5.69. The van der Waals surface area contributed by atoms with Crippen LogP contribution in [0.1, 0.15) is 48.9 Å². The second kappa shape index (κ2) is 13.9. The van der Waals surface area contributed by atoms with Gasteiger partial charge in [-0.15, -0.1) is 11.3 Å². The van der Waals surface area contributed by atoms with Crippen molar-refractivity contribution in [1.82, 2.24) is 9.55 Å². The highest BCUT2D eigenvalue weighted by Gasteiger charge is 2.31. The standard InChI is InChI=1S/C33H34FN3O8S2/c1-21(26-9-5-4-8-23(26)20-44-30-10-6-7-14-43-30)37-31-27(34)17-25(18-29(31)45-33(37)38)47(39,40)36(32-35-13-15-46-32)19-22-11-12-24(41-2)16-28(22)42-3/h4-5,8-9,11-13,15-18,21,30H,6-7,10,14,19-20H2,1-3H3. The minimum atomic E-state index is -4.42. The zero-order chi connectivity index (χ0) is 33.1. The molecule has 0 bridgehead atoms. The number of hydrogen-bond acceptors (Lipinski definition) is 10. The molecule has 3 heterocycles. The molecule has 0 aliphatic carbocycles. The van der Waals surface area contributed by atoms with Gasteiger partial charge in [0.15, 0.2) is 22.8 Å². The minimum Gasteiger partial charge on any atom is -0.497 e. The quantitative estimate of drug-likeness (QED) is 0.150. The first-order chi connectivity index (χ1) is 22.7. The lowest BCUT2D eigenvalue weighted by molar-refractivity contribution is -0.169. The number of oxazole rings is 1. The van der Waals surface area contributed by atoms with Gasteiger partial charge in [-0.2, -0.15) is 0 Å². The minimum absolute atomic E-state index is 0.148. The molecule has 0 N–H and O–H groups in total. The Morgan fingerprint density at radius 3 is 2.66 bits per heavy atom. The maximum Gasteiger partial charge on any atom is 0.420 e. The molecule has 2 atom stereocenters. The third kappa shape index (κ3) is 6.63. The third-order valence-corrected chi connectivity index (χ3v) is 10.7. The Hall–Kier alpha value is -4.24. The summed E-state index contributed by atoms with van der Waals surface area (Å²) in [5.41, 5.74) is 1.71. The van der Waals surface area contributed by atoms with Crippen LogP contribution in [0.3, 0.4) is 0 Å². The number of rotatable bonds is 12. The molecule has 47 heavy (non-hydrogen) atoms. The number of aromatic nitrogens is 2. The van der Waals surface area contributed by atoms with E-state index in [9.17, 15) is 13.2 Å². The zero-order valence-corrected chi connectivity index (χ0v) is 27.7. The normalized spacial score (nSPS) is 15.9. The number of anilines is 1. The van der Waals surface area contributed by atoms with Crippen LogP contribution in [0.2, 0.25) is 0 Å². The van der Waals surface area contributed by atoms with Crippen LogP contribution in [0.4, 0.5) is 9.52 Å². The fourth-order valence-corrected chi connectivity index (χ4v) is 7.99. The Balaban J connectivity index is 1.35. The molecule has 0 amide bonds. The number of thiazole rings is 1. The Morgan fingerprint density at radius 2 is 1.94 bits per heavy atom. The van der Waals surface area contributed by atoms with E-state index < -0.39 is 32.5 Å².